The highest BCUT2D eigenvalue weighted by molar-refractivity contribution is 5.99. The second-order valence-corrected chi connectivity index (χ2v) is 10.8. The molecule has 1 fully saturated rings. The minimum atomic E-state index is -0.126. The highest BCUT2D eigenvalue weighted by atomic mass is 16.2. The van der Waals surface area contributed by atoms with Crippen molar-refractivity contribution < 1.29 is 14.4 Å². The summed E-state index contributed by atoms with van der Waals surface area (Å²) >= 11 is 0. The van der Waals surface area contributed by atoms with Gasteiger partial charge >= 0.3 is 0 Å². The van der Waals surface area contributed by atoms with E-state index in [4.69, 9.17) is 0 Å². The average molecular weight is 458 g/mol. The Hall–Kier alpha value is -2.37. The van der Waals surface area contributed by atoms with Crippen LogP contribution in [-0.2, 0) is 14.4 Å². The number of amides is 3. The molecule has 33 heavy (non-hydrogen) atoms. The van der Waals surface area contributed by atoms with Crippen molar-refractivity contribution in [3.63, 3.8) is 0 Å². The van der Waals surface area contributed by atoms with Crippen LogP contribution in [-0.4, -0.2) is 17.7 Å². The Morgan fingerprint density at radius 3 is 1.55 bits per heavy atom. The molecule has 0 bridgehead atoms. The molecule has 0 aliphatic heterocycles. The molecule has 0 radical (unpaired) electrons. The first-order chi connectivity index (χ1) is 15.4. The average Bonchev–Trinajstić information content (AvgIpc) is 2.77. The van der Waals surface area contributed by atoms with Gasteiger partial charge in [0.25, 0.3) is 0 Å². The predicted molar refractivity (Wildman–Crippen MR) is 136 cm³/mol. The lowest BCUT2D eigenvalue weighted by atomic mass is 9.69. The van der Waals surface area contributed by atoms with Crippen LogP contribution in [0.1, 0.15) is 87.0 Å². The van der Waals surface area contributed by atoms with Crippen molar-refractivity contribution in [1.29, 1.82) is 0 Å². The first-order valence-corrected chi connectivity index (χ1v) is 12.5. The number of hydrogen-bond acceptors (Lipinski definition) is 3. The zero-order valence-corrected chi connectivity index (χ0v) is 21.5. The van der Waals surface area contributed by atoms with Crippen molar-refractivity contribution in [2.75, 3.05) is 16.0 Å². The molecule has 0 heterocycles. The Morgan fingerprint density at radius 1 is 0.788 bits per heavy atom. The van der Waals surface area contributed by atoms with E-state index in [1.807, 2.05) is 27.7 Å². The molecule has 0 spiro atoms. The molecule has 0 aromatic heterocycles. The molecular weight excluding hydrogens is 414 g/mol. The van der Waals surface area contributed by atoms with Gasteiger partial charge in [0.1, 0.15) is 0 Å². The lowest BCUT2D eigenvalue weighted by Crippen LogP contribution is -2.31. The zero-order valence-electron chi connectivity index (χ0n) is 21.5. The van der Waals surface area contributed by atoms with Gasteiger partial charge in [-0.2, -0.15) is 0 Å². The largest absolute Gasteiger partial charge is 0.326 e. The number of hydrogen-bond donors (Lipinski definition) is 3. The number of rotatable bonds is 8. The summed E-state index contributed by atoms with van der Waals surface area (Å²) in [4.78, 5) is 37.9. The van der Waals surface area contributed by atoms with Crippen LogP contribution in [0.5, 0.6) is 0 Å². The van der Waals surface area contributed by atoms with Crippen LogP contribution in [0.3, 0.4) is 0 Å². The van der Waals surface area contributed by atoms with Crippen molar-refractivity contribution in [2.24, 2.45) is 29.1 Å². The van der Waals surface area contributed by atoms with Crippen LogP contribution < -0.4 is 16.0 Å². The number of benzene rings is 1. The second kappa shape index (κ2) is 11.7. The van der Waals surface area contributed by atoms with E-state index >= 15 is 0 Å². The summed E-state index contributed by atoms with van der Waals surface area (Å²) in [6, 6.07) is 5.26. The smallest absolute Gasteiger partial charge is 0.227 e. The van der Waals surface area contributed by atoms with Crippen molar-refractivity contribution in [1.82, 2.24) is 0 Å². The highest BCUT2D eigenvalue weighted by Gasteiger charge is 2.32. The second-order valence-electron chi connectivity index (χ2n) is 10.8. The molecule has 3 amide bonds. The summed E-state index contributed by atoms with van der Waals surface area (Å²) in [6.07, 6.45) is 5.35. The highest BCUT2D eigenvalue weighted by Crippen LogP contribution is 2.40. The fourth-order valence-corrected chi connectivity index (χ4v) is 4.21. The van der Waals surface area contributed by atoms with Gasteiger partial charge < -0.3 is 16.0 Å². The molecule has 1 aliphatic rings. The zero-order chi connectivity index (χ0) is 24.8. The van der Waals surface area contributed by atoms with Crippen LogP contribution in [0.2, 0.25) is 0 Å². The normalized spacial score (nSPS) is 20.5. The Labute approximate surface area is 199 Å². The van der Waals surface area contributed by atoms with Crippen molar-refractivity contribution in [2.45, 2.75) is 87.0 Å². The quantitative estimate of drug-likeness (QED) is 0.419. The van der Waals surface area contributed by atoms with Crippen LogP contribution in [0.15, 0.2) is 18.2 Å². The van der Waals surface area contributed by atoms with E-state index in [9.17, 15) is 14.4 Å². The van der Waals surface area contributed by atoms with Gasteiger partial charge in [-0.05, 0) is 68.1 Å². The number of anilines is 3. The van der Waals surface area contributed by atoms with Crippen molar-refractivity contribution >= 4 is 34.8 Å². The third-order valence-electron chi connectivity index (χ3n) is 7.18. The Morgan fingerprint density at radius 2 is 1.18 bits per heavy atom. The molecule has 1 saturated carbocycles. The first kappa shape index (κ1) is 26.9. The summed E-state index contributed by atoms with van der Waals surface area (Å²) in [6.45, 7) is 14.5. The Balaban J connectivity index is 2.17. The maximum atomic E-state index is 13.0. The van der Waals surface area contributed by atoms with E-state index < -0.39 is 0 Å². The first-order valence-electron chi connectivity index (χ1n) is 12.5. The molecule has 6 nitrogen and oxygen atoms in total. The summed E-state index contributed by atoms with van der Waals surface area (Å²) in [5, 5.41) is 8.88. The summed E-state index contributed by atoms with van der Waals surface area (Å²) in [5.74, 6) is 0.218. The molecular formula is C27H43N3O3. The molecule has 3 N–H and O–H groups in total. The van der Waals surface area contributed by atoms with Gasteiger partial charge in [-0.1, -0.05) is 48.5 Å². The van der Waals surface area contributed by atoms with Crippen LogP contribution in [0, 0.1) is 29.1 Å². The van der Waals surface area contributed by atoms with Crippen molar-refractivity contribution in [3.8, 4) is 0 Å². The molecule has 6 heteroatoms. The maximum Gasteiger partial charge on any atom is 0.227 e. The van der Waals surface area contributed by atoms with Crippen LogP contribution in [0.4, 0.5) is 17.1 Å². The van der Waals surface area contributed by atoms with Gasteiger partial charge in [-0.25, -0.2) is 0 Å². The Bertz CT molecular complexity index is 793. The van der Waals surface area contributed by atoms with Gasteiger partial charge in [0.05, 0.1) is 0 Å². The summed E-state index contributed by atoms with van der Waals surface area (Å²) < 4.78 is 0. The van der Waals surface area contributed by atoms with Gasteiger partial charge in [0.2, 0.25) is 17.7 Å². The van der Waals surface area contributed by atoms with E-state index in [0.29, 0.717) is 23.0 Å². The molecule has 184 valence electrons. The van der Waals surface area contributed by atoms with Gasteiger partial charge in [-0.3, -0.25) is 14.4 Å². The number of carbonyl (C=O) groups is 3. The molecule has 1 aliphatic carbocycles. The Kier molecular flexibility index (Phi) is 9.50. The monoisotopic (exact) mass is 457 g/mol. The minimum Gasteiger partial charge on any atom is -0.326 e. The fourth-order valence-electron chi connectivity index (χ4n) is 4.21. The lowest BCUT2D eigenvalue weighted by Gasteiger charge is -2.36. The topological polar surface area (TPSA) is 87.3 Å². The molecule has 2 rings (SSSR count). The predicted octanol–water partition coefficient (Wildman–Crippen LogP) is 6.45. The van der Waals surface area contributed by atoms with Gasteiger partial charge in [-0.15, -0.1) is 0 Å². The number of nitrogens with one attached hydrogen (secondary N) is 3. The maximum absolute atomic E-state index is 13.0. The third kappa shape index (κ3) is 7.86. The molecule has 1 aromatic carbocycles. The molecule has 0 saturated heterocycles. The SMILES string of the molecule is CCC(C)C(=O)Nc1cc(NC(=O)C(C)CC)cc(NC(=O)C2CCC(C(C)(C)C)CC2)c1. The van der Waals surface area contributed by atoms with Gasteiger partial charge in [0.15, 0.2) is 0 Å². The van der Waals surface area contributed by atoms with E-state index in [-0.39, 0.29) is 40.9 Å². The van der Waals surface area contributed by atoms with Crippen molar-refractivity contribution in [3.05, 3.63) is 18.2 Å². The molecule has 1 aromatic rings. The van der Waals surface area contributed by atoms with Crippen LogP contribution >= 0.6 is 0 Å². The molecule has 2 atom stereocenters. The minimum absolute atomic E-state index is 0.00645. The fraction of sp³-hybridized carbons (Fsp3) is 0.667. The van der Waals surface area contributed by atoms with E-state index in [1.165, 1.54) is 0 Å². The van der Waals surface area contributed by atoms with E-state index in [0.717, 1.165) is 38.5 Å². The van der Waals surface area contributed by atoms with Crippen LogP contribution in [0.25, 0.3) is 0 Å². The van der Waals surface area contributed by atoms with E-state index in [1.54, 1.807) is 18.2 Å². The van der Waals surface area contributed by atoms with E-state index in [2.05, 4.69) is 36.7 Å². The molecule has 2 unspecified atom stereocenters. The standard InChI is InChI=1S/C27H43N3O3/c1-8-17(3)24(31)28-21-14-22(29-25(32)18(4)9-2)16-23(15-21)30-26(33)19-10-12-20(13-11-19)27(5,6)7/h14-20H,8-13H2,1-7H3,(H,28,31)(H,29,32)(H,30,33). The summed E-state index contributed by atoms with van der Waals surface area (Å²) in [5.41, 5.74) is 1.98. The number of carbonyl (C=O) groups excluding carboxylic acids is 3. The van der Waals surface area contributed by atoms with Gasteiger partial charge in [0, 0.05) is 34.8 Å². The summed E-state index contributed by atoms with van der Waals surface area (Å²) in [7, 11) is 0. The lowest BCUT2D eigenvalue weighted by molar-refractivity contribution is -0.121. The third-order valence-corrected chi connectivity index (χ3v) is 7.18.